The Labute approximate surface area is 129 Å². The van der Waals surface area contributed by atoms with Gasteiger partial charge in [-0.1, -0.05) is 18.2 Å². The van der Waals surface area contributed by atoms with Gasteiger partial charge in [-0.2, -0.15) is 13.2 Å². The SMILES string of the molecule is COC(=O)SC(=CN(C)C)C(=O)c1ccccc1C(F)(F)F. The van der Waals surface area contributed by atoms with Crippen LogP contribution in [0.5, 0.6) is 0 Å². The largest absolute Gasteiger partial charge is 0.461 e. The maximum Gasteiger partial charge on any atom is 0.417 e. The summed E-state index contributed by atoms with van der Waals surface area (Å²) in [7, 11) is 4.29. The van der Waals surface area contributed by atoms with Gasteiger partial charge in [-0.3, -0.25) is 4.79 Å². The molecule has 0 aliphatic heterocycles. The van der Waals surface area contributed by atoms with Gasteiger partial charge in [-0.25, -0.2) is 4.79 Å². The first kappa shape index (κ1) is 18.1. The average Bonchev–Trinajstić information content (AvgIpc) is 2.44. The van der Waals surface area contributed by atoms with Gasteiger partial charge >= 0.3 is 11.5 Å². The lowest BCUT2D eigenvalue weighted by molar-refractivity contribution is -0.137. The minimum atomic E-state index is -4.66. The molecule has 0 aliphatic carbocycles. The van der Waals surface area contributed by atoms with Crippen molar-refractivity contribution in [2.24, 2.45) is 0 Å². The topological polar surface area (TPSA) is 46.6 Å². The van der Waals surface area contributed by atoms with E-state index in [1.807, 2.05) is 0 Å². The average molecular weight is 333 g/mol. The Kier molecular flexibility index (Phi) is 6.04. The number of ketones is 1. The number of methoxy groups -OCH3 is 1. The van der Waals surface area contributed by atoms with Gasteiger partial charge in [0.1, 0.15) is 0 Å². The van der Waals surface area contributed by atoms with Crippen LogP contribution in [0.4, 0.5) is 18.0 Å². The molecule has 1 aromatic rings. The molecule has 0 atom stereocenters. The Morgan fingerprint density at radius 2 is 1.82 bits per heavy atom. The van der Waals surface area contributed by atoms with Crippen molar-refractivity contribution in [3.63, 3.8) is 0 Å². The zero-order valence-electron chi connectivity index (χ0n) is 12.1. The van der Waals surface area contributed by atoms with Crippen LogP contribution in [0.1, 0.15) is 15.9 Å². The van der Waals surface area contributed by atoms with Crippen LogP contribution in [-0.4, -0.2) is 37.2 Å². The van der Waals surface area contributed by atoms with Crippen LogP contribution in [0.15, 0.2) is 35.4 Å². The molecule has 0 aliphatic rings. The van der Waals surface area contributed by atoms with E-state index in [2.05, 4.69) is 4.74 Å². The van der Waals surface area contributed by atoms with Crippen molar-refractivity contribution in [3.05, 3.63) is 46.5 Å². The van der Waals surface area contributed by atoms with Gasteiger partial charge in [0.05, 0.1) is 17.6 Å². The van der Waals surface area contributed by atoms with Crippen LogP contribution in [0, 0.1) is 0 Å². The zero-order valence-corrected chi connectivity index (χ0v) is 12.9. The van der Waals surface area contributed by atoms with Crippen LogP contribution in [-0.2, 0) is 10.9 Å². The van der Waals surface area contributed by atoms with E-state index in [0.29, 0.717) is 11.8 Å². The molecule has 0 fully saturated rings. The fraction of sp³-hybridized carbons (Fsp3) is 0.286. The van der Waals surface area contributed by atoms with Crippen LogP contribution in [0.25, 0.3) is 0 Å². The van der Waals surface area contributed by atoms with Crippen LogP contribution in [0.2, 0.25) is 0 Å². The summed E-state index contributed by atoms with van der Waals surface area (Å²) in [5.74, 6) is -0.892. The quantitative estimate of drug-likeness (QED) is 0.477. The number of alkyl halides is 3. The standard InChI is InChI=1S/C14H14F3NO3S/c1-18(2)8-11(22-13(20)21-3)12(19)9-6-4-5-7-10(9)14(15,16)17/h4-8H,1-3H3. The zero-order chi connectivity index (χ0) is 16.9. The van der Waals surface area contributed by atoms with E-state index in [0.717, 1.165) is 19.2 Å². The molecule has 0 amide bonds. The molecular weight excluding hydrogens is 319 g/mol. The predicted molar refractivity (Wildman–Crippen MR) is 77.5 cm³/mol. The van der Waals surface area contributed by atoms with Crippen LogP contribution >= 0.6 is 11.8 Å². The van der Waals surface area contributed by atoms with E-state index in [4.69, 9.17) is 0 Å². The lowest BCUT2D eigenvalue weighted by Gasteiger charge is -2.14. The molecular formula is C14H14F3NO3S. The Morgan fingerprint density at radius 3 is 2.32 bits per heavy atom. The molecule has 0 aromatic heterocycles. The molecule has 0 heterocycles. The first-order valence-electron chi connectivity index (χ1n) is 6.01. The molecule has 0 N–H and O–H groups in total. The van der Waals surface area contributed by atoms with Crippen molar-refractivity contribution in [1.29, 1.82) is 0 Å². The predicted octanol–water partition coefficient (Wildman–Crippen LogP) is 3.79. The summed E-state index contributed by atoms with van der Waals surface area (Å²) in [5.41, 5.74) is -1.56. The van der Waals surface area contributed by atoms with Gasteiger partial charge in [0.2, 0.25) is 5.78 Å². The molecule has 1 rings (SSSR count). The molecule has 120 valence electrons. The summed E-state index contributed by atoms with van der Waals surface area (Å²) < 4.78 is 43.4. The van der Waals surface area contributed by atoms with E-state index in [-0.39, 0.29) is 4.91 Å². The molecule has 0 saturated heterocycles. The molecule has 0 radical (unpaired) electrons. The lowest BCUT2D eigenvalue weighted by atomic mass is 10.0. The molecule has 1 aromatic carbocycles. The summed E-state index contributed by atoms with van der Waals surface area (Å²) in [4.78, 5) is 25.0. The summed E-state index contributed by atoms with van der Waals surface area (Å²) in [6, 6.07) is 4.43. The number of allylic oxidation sites excluding steroid dienone is 1. The highest BCUT2D eigenvalue weighted by molar-refractivity contribution is 8.17. The number of rotatable bonds is 4. The second-order valence-corrected chi connectivity index (χ2v) is 5.36. The Hall–Kier alpha value is -1.96. The van der Waals surface area contributed by atoms with Gasteiger partial charge in [-0.15, -0.1) is 0 Å². The lowest BCUT2D eigenvalue weighted by Crippen LogP contribution is -2.15. The second kappa shape index (κ2) is 7.35. The number of ether oxygens (including phenoxy) is 1. The first-order valence-corrected chi connectivity index (χ1v) is 6.83. The second-order valence-electron chi connectivity index (χ2n) is 4.39. The fourth-order valence-corrected chi connectivity index (χ4v) is 2.29. The number of Topliss-reactive ketones (excluding diaryl/α,β-unsaturated/α-hetero) is 1. The smallest absolute Gasteiger partial charge is 0.417 e. The number of hydrogen-bond acceptors (Lipinski definition) is 5. The number of benzene rings is 1. The van der Waals surface area contributed by atoms with E-state index >= 15 is 0 Å². The number of carbonyl (C=O) groups excluding carboxylic acids is 2. The number of hydrogen-bond donors (Lipinski definition) is 0. The minimum Gasteiger partial charge on any atom is -0.461 e. The van der Waals surface area contributed by atoms with Crippen molar-refractivity contribution in [1.82, 2.24) is 4.90 Å². The Balaban J connectivity index is 3.29. The third kappa shape index (κ3) is 4.80. The summed E-state index contributed by atoms with van der Waals surface area (Å²) in [6.07, 6.45) is -3.39. The molecule has 8 heteroatoms. The third-order valence-corrected chi connectivity index (χ3v) is 3.28. The van der Waals surface area contributed by atoms with Crippen LogP contribution in [0.3, 0.4) is 0 Å². The maximum absolute atomic E-state index is 13.0. The van der Waals surface area contributed by atoms with Gasteiger partial charge < -0.3 is 9.64 Å². The molecule has 0 spiro atoms. The fourth-order valence-electron chi connectivity index (χ4n) is 1.56. The van der Waals surface area contributed by atoms with Gasteiger partial charge in [0.15, 0.2) is 0 Å². The normalized spacial score (nSPS) is 12.0. The monoisotopic (exact) mass is 333 g/mol. The van der Waals surface area contributed by atoms with Gasteiger partial charge in [0.25, 0.3) is 0 Å². The van der Waals surface area contributed by atoms with Crippen molar-refractivity contribution in [2.75, 3.05) is 21.2 Å². The maximum atomic E-state index is 13.0. The van der Waals surface area contributed by atoms with E-state index in [1.54, 1.807) is 14.1 Å². The van der Waals surface area contributed by atoms with Crippen molar-refractivity contribution >= 4 is 22.8 Å². The first-order chi connectivity index (χ1) is 10.2. The number of thioether (sulfide) groups is 1. The molecule has 4 nitrogen and oxygen atoms in total. The van der Waals surface area contributed by atoms with Crippen molar-refractivity contribution in [2.45, 2.75) is 6.18 Å². The van der Waals surface area contributed by atoms with Crippen molar-refractivity contribution < 1.29 is 27.5 Å². The van der Waals surface area contributed by atoms with Gasteiger partial charge in [0, 0.05) is 25.9 Å². The summed E-state index contributed by atoms with van der Waals surface area (Å²) >= 11 is 0.437. The highest BCUT2D eigenvalue weighted by atomic mass is 32.2. The van der Waals surface area contributed by atoms with Crippen LogP contribution < -0.4 is 0 Å². The van der Waals surface area contributed by atoms with Gasteiger partial charge in [-0.05, 0) is 17.8 Å². The Bertz CT molecular complexity index is 597. The molecule has 0 unspecified atom stereocenters. The Morgan fingerprint density at radius 1 is 1.23 bits per heavy atom. The molecule has 0 saturated carbocycles. The number of carbonyl (C=O) groups is 2. The van der Waals surface area contributed by atoms with E-state index < -0.39 is 28.4 Å². The number of halogens is 3. The van der Waals surface area contributed by atoms with E-state index in [9.17, 15) is 22.8 Å². The minimum absolute atomic E-state index is 0.159. The number of nitrogens with zero attached hydrogens (tertiary/aromatic N) is 1. The third-order valence-electron chi connectivity index (χ3n) is 2.44. The van der Waals surface area contributed by atoms with E-state index in [1.165, 1.54) is 23.2 Å². The summed E-state index contributed by atoms with van der Waals surface area (Å²) in [5, 5.41) is -0.786. The highest BCUT2D eigenvalue weighted by Gasteiger charge is 2.35. The summed E-state index contributed by atoms with van der Waals surface area (Å²) in [6.45, 7) is 0. The molecule has 22 heavy (non-hydrogen) atoms. The van der Waals surface area contributed by atoms with Crippen molar-refractivity contribution in [3.8, 4) is 0 Å². The highest BCUT2D eigenvalue weighted by Crippen LogP contribution is 2.34. The molecule has 0 bridgehead atoms.